The summed E-state index contributed by atoms with van der Waals surface area (Å²) < 4.78 is 5.48. The van der Waals surface area contributed by atoms with Crippen LogP contribution in [0.1, 0.15) is 31.1 Å². The minimum Gasteiger partial charge on any atom is -0.444 e. The van der Waals surface area contributed by atoms with E-state index in [0.717, 1.165) is 16.6 Å². The Balaban J connectivity index is 1.49. The molecule has 7 nitrogen and oxygen atoms in total. The molecule has 0 bridgehead atoms. The highest BCUT2D eigenvalue weighted by Crippen LogP contribution is 2.26. The second-order valence-electron chi connectivity index (χ2n) is 8.81. The Kier molecular flexibility index (Phi) is 5.99. The van der Waals surface area contributed by atoms with Crippen molar-refractivity contribution in [1.29, 1.82) is 0 Å². The Morgan fingerprint density at radius 3 is 2.41 bits per heavy atom. The van der Waals surface area contributed by atoms with Crippen LogP contribution in [0, 0.1) is 0 Å². The van der Waals surface area contributed by atoms with Crippen LogP contribution in [0.2, 0.25) is 0 Å². The molecule has 4 rings (SSSR count). The predicted octanol–water partition coefficient (Wildman–Crippen LogP) is 4.54. The van der Waals surface area contributed by atoms with Gasteiger partial charge in [0, 0.05) is 43.4 Å². The Labute approximate surface area is 188 Å². The standard InChI is InChI=1S/C25H28N4O3/c1-25(2,3)32-24(31)29-16-14-28(15-17-29)21-12-5-4-10-19(21)23(30)27-20-11-6-8-18-9-7-13-26-22(18)20/h4-13H,14-17H2,1-3H3,(H,27,30). The first-order chi connectivity index (χ1) is 15.3. The van der Waals surface area contributed by atoms with Crippen LogP contribution in [-0.4, -0.2) is 53.7 Å². The molecule has 1 aliphatic rings. The number of nitrogens with zero attached hydrogens (tertiary/aromatic N) is 3. The van der Waals surface area contributed by atoms with E-state index in [9.17, 15) is 9.59 Å². The third-order valence-corrected chi connectivity index (χ3v) is 5.30. The summed E-state index contributed by atoms with van der Waals surface area (Å²) in [6.07, 6.45) is 1.42. The van der Waals surface area contributed by atoms with Gasteiger partial charge in [-0.15, -0.1) is 0 Å². The summed E-state index contributed by atoms with van der Waals surface area (Å²) in [6.45, 7) is 7.92. The topological polar surface area (TPSA) is 74.8 Å². The van der Waals surface area contributed by atoms with Gasteiger partial charge in [-0.1, -0.05) is 30.3 Å². The molecule has 1 fully saturated rings. The molecule has 1 aromatic heterocycles. The number of anilines is 2. The normalized spacial score (nSPS) is 14.3. The number of aromatic nitrogens is 1. The van der Waals surface area contributed by atoms with Crippen LogP contribution >= 0.6 is 0 Å². The van der Waals surface area contributed by atoms with E-state index in [1.165, 1.54) is 0 Å². The molecule has 32 heavy (non-hydrogen) atoms. The maximum absolute atomic E-state index is 13.2. The summed E-state index contributed by atoms with van der Waals surface area (Å²) >= 11 is 0. The number of fused-ring (bicyclic) bond motifs is 1. The van der Waals surface area contributed by atoms with Gasteiger partial charge in [-0.2, -0.15) is 0 Å². The molecule has 0 spiro atoms. The molecule has 1 N–H and O–H groups in total. The molecule has 2 amide bonds. The van der Waals surface area contributed by atoms with Crippen LogP contribution in [-0.2, 0) is 4.74 Å². The highest BCUT2D eigenvalue weighted by molar-refractivity contribution is 6.11. The molecular formula is C25H28N4O3. The molecule has 2 aromatic carbocycles. The lowest BCUT2D eigenvalue weighted by atomic mass is 10.1. The van der Waals surface area contributed by atoms with Crippen molar-refractivity contribution in [1.82, 2.24) is 9.88 Å². The van der Waals surface area contributed by atoms with Gasteiger partial charge in [-0.05, 0) is 45.0 Å². The molecule has 1 saturated heterocycles. The molecule has 1 aliphatic heterocycles. The number of carbonyl (C=O) groups is 2. The number of amides is 2. The number of rotatable bonds is 3. The summed E-state index contributed by atoms with van der Waals surface area (Å²) in [7, 11) is 0. The van der Waals surface area contributed by atoms with Gasteiger partial charge >= 0.3 is 6.09 Å². The average molecular weight is 433 g/mol. The van der Waals surface area contributed by atoms with Crippen molar-refractivity contribution >= 4 is 34.3 Å². The minimum absolute atomic E-state index is 0.187. The van der Waals surface area contributed by atoms with Crippen molar-refractivity contribution in [3.63, 3.8) is 0 Å². The van der Waals surface area contributed by atoms with Crippen LogP contribution in [0.5, 0.6) is 0 Å². The summed E-state index contributed by atoms with van der Waals surface area (Å²) in [5.74, 6) is -0.187. The van der Waals surface area contributed by atoms with E-state index in [2.05, 4.69) is 15.2 Å². The van der Waals surface area contributed by atoms with Gasteiger partial charge in [0.05, 0.1) is 16.8 Å². The zero-order valence-electron chi connectivity index (χ0n) is 18.7. The first-order valence-corrected chi connectivity index (χ1v) is 10.8. The van der Waals surface area contributed by atoms with Crippen molar-refractivity contribution in [3.05, 3.63) is 66.4 Å². The van der Waals surface area contributed by atoms with Crippen molar-refractivity contribution in [2.75, 3.05) is 36.4 Å². The second-order valence-corrected chi connectivity index (χ2v) is 8.81. The molecule has 2 heterocycles. The second kappa shape index (κ2) is 8.86. The SMILES string of the molecule is CC(C)(C)OC(=O)N1CCN(c2ccccc2C(=O)Nc2cccc3cccnc23)CC1. The molecule has 166 valence electrons. The van der Waals surface area contributed by atoms with E-state index in [0.29, 0.717) is 37.4 Å². The number of carbonyl (C=O) groups excluding carboxylic acids is 2. The number of ether oxygens (including phenoxy) is 1. The van der Waals surface area contributed by atoms with Gasteiger partial charge in [-0.3, -0.25) is 9.78 Å². The number of hydrogen-bond acceptors (Lipinski definition) is 5. The van der Waals surface area contributed by atoms with Gasteiger partial charge < -0.3 is 19.9 Å². The fourth-order valence-electron chi connectivity index (χ4n) is 3.79. The number of benzene rings is 2. The Morgan fingerprint density at radius 2 is 1.66 bits per heavy atom. The number of para-hydroxylation sites is 2. The number of nitrogens with one attached hydrogen (secondary N) is 1. The van der Waals surface area contributed by atoms with Crippen LogP contribution in [0.4, 0.5) is 16.2 Å². The fourth-order valence-corrected chi connectivity index (χ4v) is 3.79. The summed E-state index contributed by atoms with van der Waals surface area (Å²) in [6, 6.07) is 17.1. The quantitative estimate of drug-likeness (QED) is 0.658. The van der Waals surface area contributed by atoms with Crippen molar-refractivity contribution in [2.24, 2.45) is 0 Å². The summed E-state index contributed by atoms with van der Waals surface area (Å²) in [5.41, 5.74) is 2.35. The molecule has 0 aliphatic carbocycles. The fraction of sp³-hybridized carbons (Fsp3) is 0.320. The minimum atomic E-state index is -0.518. The van der Waals surface area contributed by atoms with Crippen molar-refractivity contribution in [2.45, 2.75) is 26.4 Å². The zero-order valence-corrected chi connectivity index (χ0v) is 18.7. The molecule has 3 aromatic rings. The lowest BCUT2D eigenvalue weighted by molar-refractivity contribution is 0.0240. The van der Waals surface area contributed by atoms with Gasteiger partial charge in [0.2, 0.25) is 0 Å². The largest absolute Gasteiger partial charge is 0.444 e. The van der Waals surface area contributed by atoms with Crippen LogP contribution in [0.15, 0.2) is 60.8 Å². The number of piperazine rings is 1. The van der Waals surface area contributed by atoms with Gasteiger partial charge in [0.15, 0.2) is 0 Å². The smallest absolute Gasteiger partial charge is 0.410 e. The van der Waals surface area contributed by atoms with E-state index >= 15 is 0 Å². The van der Waals surface area contributed by atoms with E-state index < -0.39 is 5.60 Å². The monoisotopic (exact) mass is 432 g/mol. The third-order valence-electron chi connectivity index (χ3n) is 5.30. The Bertz CT molecular complexity index is 1130. The Hall–Kier alpha value is -3.61. The first kappa shape index (κ1) is 21.6. The highest BCUT2D eigenvalue weighted by atomic mass is 16.6. The van der Waals surface area contributed by atoms with Crippen molar-refractivity contribution in [3.8, 4) is 0 Å². The summed E-state index contributed by atoms with van der Waals surface area (Å²) in [5, 5.41) is 3.99. The first-order valence-electron chi connectivity index (χ1n) is 10.8. The maximum atomic E-state index is 13.2. The van der Waals surface area contributed by atoms with E-state index in [4.69, 9.17) is 4.74 Å². The zero-order chi connectivity index (χ0) is 22.7. The molecule has 0 radical (unpaired) electrons. The molecule has 0 atom stereocenters. The molecule has 0 unspecified atom stereocenters. The lowest BCUT2D eigenvalue weighted by Gasteiger charge is -2.37. The molecule has 7 heteroatoms. The number of hydrogen-bond donors (Lipinski definition) is 1. The highest BCUT2D eigenvalue weighted by Gasteiger charge is 2.27. The summed E-state index contributed by atoms with van der Waals surface area (Å²) in [4.78, 5) is 33.8. The van der Waals surface area contributed by atoms with Gasteiger partial charge in [0.1, 0.15) is 5.60 Å². The van der Waals surface area contributed by atoms with E-state index in [1.54, 1.807) is 11.1 Å². The lowest BCUT2D eigenvalue weighted by Crippen LogP contribution is -2.50. The molecule has 0 saturated carbocycles. The van der Waals surface area contributed by atoms with Gasteiger partial charge in [-0.25, -0.2) is 4.79 Å². The van der Waals surface area contributed by atoms with Crippen LogP contribution < -0.4 is 10.2 Å². The Morgan fingerprint density at radius 1 is 0.938 bits per heavy atom. The van der Waals surface area contributed by atoms with Crippen LogP contribution in [0.25, 0.3) is 10.9 Å². The third kappa shape index (κ3) is 4.82. The van der Waals surface area contributed by atoms with Gasteiger partial charge in [0.25, 0.3) is 5.91 Å². The van der Waals surface area contributed by atoms with Crippen LogP contribution in [0.3, 0.4) is 0 Å². The average Bonchev–Trinajstić information content (AvgIpc) is 2.78. The molecular weight excluding hydrogens is 404 g/mol. The van der Waals surface area contributed by atoms with Crippen molar-refractivity contribution < 1.29 is 14.3 Å². The number of pyridine rings is 1. The predicted molar refractivity (Wildman–Crippen MR) is 126 cm³/mol. The van der Waals surface area contributed by atoms with E-state index in [1.807, 2.05) is 75.4 Å². The maximum Gasteiger partial charge on any atom is 0.410 e. The van der Waals surface area contributed by atoms with E-state index in [-0.39, 0.29) is 12.0 Å².